The molecule has 6 amide bonds. The summed E-state index contributed by atoms with van der Waals surface area (Å²) in [5.74, 6) is -2.78. The highest BCUT2D eigenvalue weighted by Gasteiger charge is 2.29. The predicted molar refractivity (Wildman–Crippen MR) is 463 cm³/mol. The van der Waals surface area contributed by atoms with Gasteiger partial charge in [0.25, 0.3) is 35.4 Å². The molecular weight excluding hydrogens is 1810 g/mol. The minimum atomic E-state index is -1.16. The van der Waals surface area contributed by atoms with E-state index < -0.39 is 47.8 Å². The molecule has 114 heavy (non-hydrogen) atoms. The van der Waals surface area contributed by atoms with Gasteiger partial charge in [0.2, 0.25) is 0 Å². The summed E-state index contributed by atoms with van der Waals surface area (Å²) in [6.45, 7) is 1.93. The average Bonchev–Trinajstić information content (AvgIpc) is 0.821. The largest absolute Gasteiger partial charge is 0.383 e. The zero-order valence-electron chi connectivity index (χ0n) is 58.9. The van der Waals surface area contributed by atoms with Gasteiger partial charge in [-0.15, -0.1) is 0 Å². The number of nitrogens with one attached hydrogen (secondary N) is 4. The molecule has 0 fully saturated rings. The van der Waals surface area contributed by atoms with Crippen molar-refractivity contribution in [3.8, 4) is 6.07 Å². The molecule has 0 aliphatic carbocycles. The maximum atomic E-state index is 13.0. The summed E-state index contributed by atoms with van der Waals surface area (Å²) in [5, 5.41) is 24.6. The number of hydrogen-bond acceptors (Lipinski definition) is 9. The molecule has 0 radical (unpaired) electrons. The topological polar surface area (TPSA) is 277 Å². The molecule has 2 aromatic heterocycles. The van der Waals surface area contributed by atoms with E-state index in [4.69, 9.17) is 144 Å². The molecule has 17 nitrogen and oxygen atoms in total. The van der Waals surface area contributed by atoms with E-state index in [0.717, 1.165) is 25.6 Å². The van der Waals surface area contributed by atoms with Crippen molar-refractivity contribution in [2.75, 3.05) is 0 Å². The van der Waals surface area contributed by atoms with Crippen molar-refractivity contribution in [1.29, 1.82) is 5.26 Å². The van der Waals surface area contributed by atoms with Gasteiger partial charge in [-0.3, -0.25) is 38.7 Å². The van der Waals surface area contributed by atoms with Gasteiger partial charge in [0.05, 0.1) is 59.2 Å². The first-order valence-corrected chi connectivity index (χ1v) is 39.2. The van der Waals surface area contributed by atoms with Gasteiger partial charge in [-0.25, -0.2) is 0 Å². The zero-order chi connectivity index (χ0) is 82.3. The van der Waals surface area contributed by atoms with Crippen LogP contribution >= 0.6 is 159 Å². The van der Waals surface area contributed by atoms with Gasteiger partial charge in [0.15, 0.2) is 0 Å². The Hall–Kier alpha value is -9.70. The first kappa shape index (κ1) is 88.3. The predicted octanol–water partition coefficient (Wildman–Crippen LogP) is 22.3. The van der Waals surface area contributed by atoms with Gasteiger partial charge in [0, 0.05) is 85.4 Å². The quantitative estimate of drug-likeness (QED) is 0.0347. The molecule has 30 heteroatoms. The van der Waals surface area contributed by atoms with Crippen molar-refractivity contribution in [2.24, 2.45) is 21.5 Å². The number of nitrogens with zero attached hydrogens (tertiary/aromatic N) is 5. The second kappa shape index (κ2) is 42.6. The van der Waals surface area contributed by atoms with Crippen LogP contribution in [0, 0.1) is 18.3 Å². The molecule has 10 aromatic carbocycles. The molecule has 3 unspecified atom stereocenters. The Bertz CT molecular complexity index is 5580. The summed E-state index contributed by atoms with van der Waals surface area (Å²) in [5.41, 5.74) is 19.5. The summed E-state index contributed by atoms with van der Waals surface area (Å²) in [4.78, 5) is 93.7. The minimum absolute atomic E-state index is 0.0257. The number of aryl methyl sites for hydroxylation is 1. The number of nitrogens with two attached hydrogens (primary N) is 2. The molecule has 8 N–H and O–H groups in total. The Kier molecular flexibility index (Phi) is 33.0. The lowest BCUT2D eigenvalue weighted by atomic mass is 10.0. The van der Waals surface area contributed by atoms with Crippen molar-refractivity contribution in [3.05, 3.63) is 403 Å². The van der Waals surface area contributed by atoms with Crippen LogP contribution in [0.5, 0.6) is 0 Å². The molecule has 12 rings (SSSR count). The van der Waals surface area contributed by atoms with E-state index in [1.54, 1.807) is 188 Å². The second-order valence-electron chi connectivity index (χ2n) is 24.2. The van der Waals surface area contributed by atoms with E-state index in [1.165, 1.54) is 36.5 Å². The molecular formula is C84H58Br2Cl11N11O6. The average molecular weight is 1870 g/mol. The van der Waals surface area contributed by atoms with E-state index in [1.807, 2.05) is 49.4 Å². The fraction of sp³-hybridized carbons (Fsp3) is 0.0595. The maximum Gasteiger partial charge on any atom is 0.274 e. The summed E-state index contributed by atoms with van der Waals surface area (Å²) < 4.78 is 1.76. The monoisotopic (exact) mass is 1860 g/mol. The van der Waals surface area contributed by atoms with Crippen molar-refractivity contribution >= 4 is 207 Å². The van der Waals surface area contributed by atoms with Crippen molar-refractivity contribution in [2.45, 2.75) is 31.1 Å². The van der Waals surface area contributed by atoms with Crippen molar-refractivity contribution < 1.29 is 28.8 Å². The van der Waals surface area contributed by atoms with Crippen LogP contribution in [0.25, 0.3) is 0 Å². The summed E-state index contributed by atoms with van der Waals surface area (Å²) in [6.07, 6.45) is 3.18. The summed E-state index contributed by atoms with van der Waals surface area (Å²) in [6, 6.07) is 67.8. The van der Waals surface area contributed by atoms with Crippen LogP contribution in [0.15, 0.2) is 280 Å². The lowest BCUT2D eigenvalue weighted by molar-refractivity contribution is -0.120. The smallest absolute Gasteiger partial charge is 0.274 e. The van der Waals surface area contributed by atoms with Crippen LogP contribution in [0.4, 0.5) is 0 Å². The molecule has 0 saturated heterocycles. The Morgan fingerprint density at radius 3 is 1.30 bits per heavy atom. The summed E-state index contributed by atoms with van der Waals surface area (Å²) >= 11 is 73.2. The SMILES string of the molecule is Cc1cc(C(=O)N[C@@H](c2ccc(Cl)c(Cl)c2)c2ccc(Cl)cn2)ccc1Br.N#Cc1ccc(C(=O)NC(c2ccc(Cl)c(Cl)c2)c2ccc(Br)cn2)cc1Cl.NC(=NC(=O)C(NC(=O)c1cc(Cl)cc(Cl)c1)c1ccccc1Cl)c1ccccc1.NC(=NC(=O)C(NC(=O)c1ccc(Cl)cc1)c1ccc(Cl)cc1)c1ccccc1. The highest BCUT2D eigenvalue weighted by molar-refractivity contribution is 9.10. The lowest BCUT2D eigenvalue weighted by Crippen LogP contribution is -2.34. The van der Waals surface area contributed by atoms with Crippen LogP contribution in [0.2, 0.25) is 55.2 Å². The summed E-state index contributed by atoms with van der Waals surface area (Å²) in [7, 11) is 0. The Morgan fingerprint density at radius 2 is 0.816 bits per heavy atom. The molecule has 576 valence electrons. The third-order valence-corrected chi connectivity index (χ3v) is 20.9. The molecule has 2 heterocycles. The van der Waals surface area contributed by atoms with Gasteiger partial charge in [-0.05, 0) is 191 Å². The van der Waals surface area contributed by atoms with E-state index in [0.29, 0.717) is 106 Å². The molecule has 0 spiro atoms. The number of halogens is 13. The van der Waals surface area contributed by atoms with Gasteiger partial charge in [-0.1, -0.05) is 247 Å². The fourth-order valence-electron chi connectivity index (χ4n) is 10.5. The van der Waals surface area contributed by atoms with Crippen molar-refractivity contribution in [3.63, 3.8) is 0 Å². The Morgan fingerprint density at radius 1 is 0.377 bits per heavy atom. The second-order valence-corrected chi connectivity index (χ2v) is 30.6. The molecule has 0 aliphatic rings. The molecule has 12 aromatic rings. The Labute approximate surface area is 727 Å². The van der Waals surface area contributed by atoms with Crippen molar-refractivity contribution in [1.82, 2.24) is 31.2 Å². The number of benzene rings is 10. The van der Waals surface area contributed by atoms with Crippen LogP contribution in [0.3, 0.4) is 0 Å². The number of amides is 6. The van der Waals surface area contributed by atoms with Gasteiger partial charge in [0.1, 0.15) is 29.8 Å². The molecule has 4 atom stereocenters. The van der Waals surface area contributed by atoms with Gasteiger partial charge >= 0.3 is 0 Å². The molecule has 0 aliphatic heterocycles. The first-order chi connectivity index (χ1) is 54.5. The number of carbonyl (C=O) groups is 6. The van der Waals surface area contributed by atoms with Crippen LogP contribution in [0.1, 0.15) is 121 Å². The van der Waals surface area contributed by atoms with E-state index >= 15 is 0 Å². The third-order valence-electron chi connectivity index (χ3n) is 16.3. The standard InChI is InChI=1S/C22H16Cl3N3O2.C22H17Cl2N3O2.C20H11BrCl3N3O.C20H14BrCl3N2O/c23-15-10-14(11-16(24)12-15)21(29)27-19(17-8-4-5-9-18(17)25)22(30)28-20(26)13-6-2-1-3-7-13;23-17-10-6-14(7-11-17)19(26-21(28)16-8-12-18(24)13-9-16)22(29)27-20(25)15-4-2-1-3-5-15;21-14-4-6-18(26-10-14)19(11-3-5-15(22)17(24)7-11)27-20(28)12-1-2-13(9-25)16(23)8-12;1-11-8-13(2-5-15(11)21)20(27)26-19(18-7-4-14(22)10-25-18)12-3-6-16(23)17(24)9-12/h1-12,19H,(H,27,29)(H2,26,28,30);1-13,19H,(H,26,28)(H2,25,27,29);1-8,10,19H,(H,27,28);2-10,19H,1H3,(H,26,27)/t;;;19-/m...0/s1. The number of carbonyl (C=O) groups excluding carboxylic acids is 6. The number of amidine groups is 2. The third kappa shape index (κ3) is 25.4. The Balaban J connectivity index is 0.000000174. The van der Waals surface area contributed by atoms with E-state index in [9.17, 15) is 28.8 Å². The van der Waals surface area contributed by atoms with Crippen LogP contribution in [-0.2, 0) is 9.59 Å². The fourth-order valence-corrected chi connectivity index (χ4v) is 12.9. The first-order valence-electron chi connectivity index (χ1n) is 33.4. The van der Waals surface area contributed by atoms with Gasteiger partial charge < -0.3 is 32.7 Å². The highest BCUT2D eigenvalue weighted by atomic mass is 79.9. The van der Waals surface area contributed by atoms with E-state index in [-0.39, 0.29) is 34.1 Å². The number of rotatable bonds is 18. The van der Waals surface area contributed by atoms with E-state index in [2.05, 4.69) is 73.1 Å². The number of hydrogen-bond donors (Lipinski definition) is 6. The highest BCUT2D eigenvalue weighted by Crippen LogP contribution is 2.33. The number of aromatic nitrogens is 2. The van der Waals surface area contributed by atoms with Gasteiger partial charge in [-0.2, -0.15) is 15.2 Å². The zero-order valence-corrected chi connectivity index (χ0v) is 70.4. The normalized spacial score (nSPS) is 12.0. The number of nitriles is 1. The number of aliphatic imine (C=N–C) groups is 2. The maximum absolute atomic E-state index is 13.0. The lowest BCUT2D eigenvalue weighted by Gasteiger charge is -2.20. The molecule has 0 saturated carbocycles. The number of pyridine rings is 2. The molecule has 0 bridgehead atoms. The minimum Gasteiger partial charge on any atom is -0.383 e. The van der Waals surface area contributed by atoms with Crippen LogP contribution in [-0.4, -0.2) is 57.1 Å². The van der Waals surface area contributed by atoms with Crippen LogP contribution < -0.4 is 32.7 Å².